The molecule has 0 saturated heterocycles. The Kier molecular flexibility index (Phi) is 10.3. The standard InChI is InChI=1S/C35H40FNO3/c1-8-11-34(35(6,36)18-9-2)40-32-17-15-28(20-29(32)22-37)31-13-10-12-26(24(31)4)19-23(3)30-16-14-27(25(5)38)21-33(30)39-7/h10,12-17,19-21,34H,8-9,11,18H2,1-7H3/b23-19+. The van der Waals surface area contributed by atoms with Crippen LogP contribution in [0.25, 0.3) is 22.8 Å². The molecule has 0 amide bonds. The van der Waals surface area contributed by atoms with Crippen molar-refractivity contribution >= 4 is 17.4 Å². The number of methoxy groups -OCH3 is 1. The Hall–Kier alpha value is -3.91. The molecule has 0 fully saturated rings. The summed E-state index contributed by atoms with van der Waals surface area (Å²) in [6, 6.07) is 19.3. The number of ketones is 1. The van der Waals surface area contributed by atoms with Crippen LogP contribution in [-0.4, -0.2) is 24.7 Å². The van der Waals surface area contributed by atoms with Gasteiger partial charge in [0, 0.05) is 11.1 Å². The second-order valence-corrected chi connectivity index (χ2v) is 10.6. The molecule has 0 spiro atoms. The zero-order chi connectivity index (χ0) is 29.4. The van der Waals surface area contributed by atoms with Gasteiger partial charge in [-0.2, -0.15) is 5.26 Å². The molecule has 3 aromatic carbocycles. The van der Waals surface area contributed by atoms with Gasteiger partial charge in [0.05, 0.1) is 12.7 Å². The minimum absolute atomic E-state index is 0.0104. The van der Waals surface area contributed by atoms with Crippen molar-refractivity contribution in [1.29, 1.82) is 5.26 Å². The maximum absolute atomic E-state index is 15.4. The maximum atomic E-state index is 15.4. The van der Waals surface area contributed by atoms with Gasteiger partial charge in [-0.05, 0) is 86.6 Å². The quantitative estimate of drug-likeness (QED) is 0.169. The number of alkyl halides is 1. The van der Waals surface area contributed by atoms with Gasteiger partial charge in [-0.1, -0.05) is 69.2 Å². The lowest BCUT2D eigenvalue weighted by Gasteiger charge is -2.31. The number of hydrogen-bond donors (Lipinski definition) is 0. The van der Waals surface area contributed by atoms with Crippen molar-refractivity contribution in [3.8, 4) is 28.7 Å². The minimum Gasteiger partial charge on any atom is -0.496 e. The molecule has 0 heterocycles. The van der Waals surface area contributed by atoms with Gasteiger partial charge in [-0.3, -0.25) is 4.79 Å². The first kappa shape index (κ1) is 30.6. The molecule has 40 heavy (non-hydrogen) atoms. The third kappa shape index (κ3) is 6.99. The number of carbonyl (C=O) groups is 1. The molecule has 0 aliphatic carbocycles. The van der Waals surface area contributed by atoms with Crippen LogP contribution >= 0.6 is 0 Å². The highest BCUT2D eigenvalue weighted by Gasteiger charge is 2.35. The summed E-state index contributed by atoms with van der Waals surface area (Å²) >= 11 is 0. The average Bonchev–Trinajstić information content (AvgIpc) is 2.93. The van der Waals surface area contributed by atoms with Crippen LogP contribution in [0.1, 0.15) is 92.9 Å². The highest BCUT2D eigenvalue weighted by atomic mass is 19.1. The molecule has 3 rings (SSSR count). The van der Waals surface area contributed by atoms with Crippen LogP contribution in [0.5, 0.6) is 11.5 Å². The summed E-state index contributed by atoms with van der Waals surface area (Å²) in [5.74, 6) is 1.05. The fraction of sp³-hybridized carbons (Fsp3) is 0.371. The highest BCUT2D eigenvalue weighted by molar-refractivity contribution is 5.95. The van der Waals surface area contributed by atoms with E-state index in [1.807, 2.05) is 63.2 Å². The first-order chi connectivity index (χ1) is 19.1. The third-order valence-electron chi connectivity index (χ3n) is 7.42. The summed E-state index contributed by atoms with van der Waals surface area (Å²) in [5, 5.41) is 9.94. The number of hydrogen-bond acceptors (Lipinski definition) is 4. The Morgan fingerprint density at radius 1 is 1.07 bits per heavy atom. The molecule has 0 bridgehead atoms. The largest absolute Gasteiger partial charge is 0.496 e. The van der Waals surface area contributed by atoms with E-state index in [0.29, 0.717) is 35.5 Å². The summed E-state index contributed by atoms with van der Waals surface area (Å²) in [5.41, 5.74) is 5.40. The summed E-state index contributed by atoms with van der Waals surface area (Å²) in [6.45, 7) is 11.2. The molecule has 0 radical (unpaired) electrons. The summed E-state index contributed by atoms with van der Waals surface area (Å²) < 4.78 is 27.1. The van der Waals surface area contributed by atoms with E-state index in [1.54, 1.807) is 26.2 Å². The van der Waals surface area contributed by atoms with E-state index in [2.05, 4.69) is 19.1 Å². The number of carbonyl (C=O) groups excluding carboxylic acids is 1. The summed E-state index contributed by atoms with van der Waals surface area (Å²) in [6.07, 6.45) is 3.98. The lowest BCUT2D eigenvalue weighted by Crippen LogP contribution is -2.39. The van der Waals surface area contributed by atoms with Crippen molar-refractivity contribution in [3.63, 3.8) is 0 Å². The first-order valence-electron chi connectivity index (χ1n) is 13.9. The number of nitriles is 1. The fourth-order valence-corrected chi connectivity index (χ4v) is 5.11. The molecular weight excluding hydrogens is 501 g/mol. The Morgan fingerprint density at radius 3 is 2.45 bits per heavy atom. The van der Waals surface area contributed by atoms with E-state index in [0.717, 1.165) is 46.2 Å². The number of allylic oxidation sites excluding steroid dienone is 1. The van der Waals surface area contributed by atoms with Gasteiger partial charge in [0.25, 0.3) is 0 Å². The molecule has 0 aliphatic heterocycles. The van der Waals surface area contributed by atoms with Gasteiger partial charge in [-0.25, -0.2) is 4.39 Å². The smallest absolute Gasteiger partial charge is 0.159 e. The van der Waals surface area contributed by atoms with Crippen LogP contribution in [0, 0.1) is 18.3 Å². The zero-order valence-corrected chi connectivity index (χ0v) is 24.7. The van der Waals surface area contributed by atoms with Gasteiger partial charge < -0.3 is 9.47 Å². The minimum atomic E-state index is -1.47. The topological polar surface area (TPSA) is 59.3 Å². The molecule has 2 unspecified atom stereocenters. The average molecular weight is 542 g/mol. The zero-order valence-electron chi connectivity index (χ0n) is 24.7. The van der Waals surface area contributed by atoms with Crippen molar-refractivity contribution in [2.24, 2.45) is 0 Å². The fourth-order valence-electron chi connectivity index (χ4n) is 5.11. The van der Waals surface area contributed by atoms with Crippen molar-refractivity contribution in [3.05, 3.63) is 82.4 Å². The van der Waals surface area contributed by atoms with Crippen LogP contribution in [0.2, 0.25) is 0 Å². The normalized spacial score (nSPS) is 13.7. The van der Waals surface area contributed by atoms with E-state index in [-0.39, 0.29) is 5.78 Å². The molecule has 0 aromatic heterocycles. The molecule has 210 valence electrons. The van der Waals surface area contributed by atoms with Crippen LogP contribution in [0.4, 0.5) is 4.39 Å². The van der Waals surface area contributed by atoms with Crippen molar-refractivity contribution in [2.75, 3.05) is 7.11 Å². The van der Waals surface area contributed by atoms with Crippen LogP contribution in [0.3, 0.4) is 0 Å². The molecule has 5 heteroatoms. The van der Waals surface area contributed by atoms with Gasteiger partial charge in [0.2, 0.25) is 0 Å². The Morgan fingerprint density at radius 2 is 1.82 bits per heavy atom. The summed E-state index contributed by atoms with van der Waals surface area (Å²) in [4.78, 5) is 11.8. The third-order valence-corrected chi connectivity index (χ3v) is 7.42. The number of Topliss-reactive ketones (excluding diaryl/α,β-unsaturated/α-hetero) is 1. The Balaban J connectivity index is 1.98. The number of benzene rings is 3. The molecule has 2 atom stereocenters. The number of ether oxygens (including phenoxy) is 2. The number of halogens is 1. The molecule has 0 aliphatic rings. The summed E-state index contributed by atoms with van der Waals surface area (Å²) in [7, 11) is 1.60. The predicted octanol–water partition coefficient (Wildman–Crippen LogP) is 9.38. The second-order valence-electron chi connectivity index (χ2n) is 10.6. The van der Waals surface area contributed by atoms with E-state index in [9.17, 15) is 10.1 Å². The maximum Gasteiger partial charge on any atom is 0.159 e. The van der Waals surface area contributed by atoms with Crippen LogP contribution < -0.4 is 9.47 Å². The number of nitrogens with zero attached hydrogens (tertiary/aromatic N) is 1. The molecule has 3 aromatic rings. The molecular formula is C35H40FNO3. The second kappa shape index (κ2) is 13.4. The van der Waals surface area contributed by atoms with Crippen LogP contribution in [0.15, 0.2) is 54.6 Å². The Bertz CT molecular complexity index is 1430. The number of rotatable bonds is 12. The van der Waals surface area contributed by atoms with Crippen molar-refractivity contribution < 1.29 is 18.7 Å². The lowest BCUT2D eigenvalue weighted by atomic mass is 9.92. The van der Waals surface area contributed by atoms with E-state index in [4.69, 9.17) is 9.47 Å². The Labute approximate surface area is 238 Å². The van der Waals surface area contributed by atoms with Gasteiger partial charge in [-0.15, -0.1) is 0 Å². The van der Waals surface area contributed by atoms with Crippen molar-refractivity contribution in [2.45, 2.75) is 79.0 Å². The predicted molar refractivity (Wildman–Crippen MR) is 162 cm³/mol. The van der Waals surface area contributed by atoms with Gasteiger partial charge >= 0.3 is 0 Å². The lowest BCUT2D eigenvalue weighted by molar-refractivity contribution is 0.00944. The monoisotopic (exact) mass is 541 g/mol. The van der Waals surface area contributed by atoms with Crippen LogP contribution in [-0.2, 0) is 0 Å². The highest BCUT2D eigenvalue weighted by Crippen LogP contribution is 2.35. The van der Waals surface area contributed by atoms with E-state index in [1.165, 1.54) is 6.92 Å². The first-order valence-corrected chi connectivity index (χ1v) is 13.9. The molecule has 0 N–H and O–H groups in total. The van der Waals surface area contributed by atoms with Gasteiger partial charge in [0.1, 0.15) is 29.3 Å². The molecule has 0 saturated carbocycles. The SMILES string of the molecule is CCCC(Oc1ccc(-c2cccc(/C=C(\C)c3ccc(C(C)=O)cc3OC)c2C)cc1C#N)C(C)(F)CCC. The van der Waals surface area contributed by atoms with E-state index >= 15 is 4.39 Å². The van der Waals surface area contributed by atoms with E-state index < -0.39 is 11.8 Å². The van der Waals surface area contributed by atoms with Crippen molar-refractivity contribution in [1.82, 2.24) is 0 Å². The van der Waals surface area contributed by atoms with Gasteiger partial charge in [0.15, 0.2) is 5.78 Å². The molecule has 4 nitrogen and oxygen atoms in total.